The van der Waals surface area contributed by atoms with Gasteiger partial charge in [-0.1, -0.05) is 0 Å². The summed E-state index contributed by atoms with van der Waals surface area (Å²) in [6, 6.07) is 0. The number of rotatable bonds is 7. The third-order valence-corrected chi connectivity index (χ3v) is 3.76. The van der Waals surface area contributed by atoms with Gasteiger partial charge in [-0.2, -0.15) is 0 Å². The number of ether oxygens (including phenoxy) is 1. The van der Waals surface area contributed by atoms with Crippen molar-refractivity contribution in [2.24, 2.45) is 0 Å². The fourth-order valence-electron chi connectivity index (χ4n) is 2.66. The third-order valence-electron chi connectivity index (χ3n) is 3.76. The van der Waals surface area contributed by atoms with Gasteiger partial charge in [0, 0.05) is 39.3 Å². The molecule has 1 unspecified atom stereocenters. The first-order valence-corrected chi connectivity index (χ1v) is 7.26. The van der Waals surface area contributed by atoms with Gasteiger partial charge in [0.1, 0.15) is 0 Å². The van der Waals surface area contributed by atoms with Crippen LogP contribution < -0.4 is 5.32 Å². The van der Waals surface area contributed by atoms with Crippen molar-refractivity contribution in [3.8, 4) is 0 Å². The molecule has 5 heteroatoms. The van der Waals surface area contributed by atoms with Crippen LogP contribution in [0.5, 0.6) is 0 Å². The van der Waals surface area contributed by atoms with E-state index in [4.69, 9.17) is 4.74 Å². The first-order valence-electron chi connectivity index (χ1n) is 7.26. The van der Waals surface area contributed by atoms with Crippen molar-refractivity contribution in [1.29, 1.82) is 0 Å². The highest BCUT2D eigenvalue weighted by Crippen LogP contribution is 2.07. The van der Waals surface area contributed by atoms with Gasteiger partial charge in [-0.3, -0.25) is 4.90 Å². The molecule has 0 saturated carbocycles. The summed E-state index contributed by atoms with van der Waals surface area (Å²) in [6.07, 6.45) is 2.35. The molecule has 2 heterocycles. The standard InChI is InChI=1S/C13H27N3O2/c17-13(12-16-4-1-2-5-16)11-14-3-6-15-7-9-18-10-8-15/h13-14,17H,1-12H2. The maximum Gasteiger partial charge on any atom is 0.0791 e. The van der Waals surface area contributed by atoms with Gasteiger partial charge in [0.15, 0.2) is 0 Å². The van der Waals surface area contributed by atoms with E-state index < -0.39 is 0 Å². The van der Waals surface area contributed by atoms with Crippen molar-refractivity contribution >= 4 is 0 Å². The molecule has 18 heavy (non-hydrogen) atoms. The number of likely N-dealkylation sites (tertiary alicyclic amines) is 1. The lowest BCUT2D eigenvalue weighted by Gasteiger charge is -2.27. The van der Waals surface area contributed by atoms with Crippen molar-refractivity contribution < 1.29 is 9.84 Å². The van der Waals surface area contributed by atoms with Gasteiger partial charge in [0.25, 0.3) is 0 Å². The van der Waals surface area contributed by atoms with E-state index >= 15 is 0 Å². The van der Waals surface area contributed by atoms with Gasteiger partial charge in [0.05, 0.1) is 19.3 Å². The molecule has 2 saturated heterocycles. The topological polar surface area (TPSA) is 48.0 Å². The minimum Gasteiger partial charge on any atom is -0.390 e. The average molecular weight is 257 g/mol. The Morgan fingerprint density at radius 3 is 2.50 bits per heavy atom. The molecule has 2 rings (SSSR count). The van der Waals surface area contributed by atoms with Gasteiger partial charge in [-0.05, 0) is 25.9 Å². The molecule has 0 aromatic heterocycles. The Labute approximate surface area is 110 Å². The van der Waals surface area contributed by atoms with Crippen LogP contribution in [0.1, 0.15) is 12.8 Å². The van der Waals surface area contributed by atoms with Crippen molar-refractivity contribution in [1.82, 2.24) is 15.1 Å². The van der Waals surface area contributed by atoms with Crippen LogP contribution in [0, 0.1) is 0 Å². The molecule has 5 nitrogen and oxygen atoms in total. The Morgan fingerprint density at radius 2 is 1.78 bits per heavy atom. The molecule has 0 aromatic rings. The maximum absolute atomic E-state index is 9.91. The lowest BCUT2D eigenvalue weighted by Crippen LogP contribution is -2.42. The first-order chi connectivity index (χ1) is 8.84. The summed E-state index contributed by atoms with van der Waals surface area (Å²) in [5, 5.41) is 13.3. The number of β-amino-alcohol motifs (C(OH)–C–C–N with tert-alkyl or cyclic N) is 1. The van der Waals surface area contributed by atoms with Gasteiger partial charge in [-0.15, -0.1) is 0 Å². The Morgan fingerprint density at radius 1 is 1.06 bits per heavy atom. The van der Waals surface area contributed by atoms with E-state index in [-0.39, 0.29) is 6.10 Å². The number of aliphatic hydroxyl groups excluding tert-OH is 1. The fraction of sp³-hybridized carbons (Fsp3) is 1.00. The van der Waals surface area contributed by atoms with Gasteiger partial charge in [0.2, 0.25) is 0 Å². The van der Waals surface area contributed by atoms with Gasteiger partial charge < -0.3 is 20.1 Å². The van der Waals surface area contributed by atoms with E-state index in [0.29, 0.717) is 6.54 Å². The number of hydrogen-bond acceptors (Lipinski definition) is 5. The summed E-state index contributed by atoms with van der Waals surface area (Å²) in [7, 11) is 0. The van der Waals surface area contributed by atoms with Crippen LogP contribution in [-0.2, 0) is 4.74 Å². The Balaban J connectivity index is 1.46. The second-order valence-corrected chi connectivity index (χ2v) is 5.32. The van der Waals surface area contributed by atoms with Crippen LogP contribution in [0.3, 0.4) is 0 Å². The average Bonchev–Trinajstić information content (AvgIpc) is 2.89. The van der Waals surface area contributed by atoms with E-state index in [9.17, 15) is 5.11 Å². The first kappa shape index (κ1) is 14.2. The molecule has 1 atom stereocenters. The highest BCUT2D eigenvalue weighted by Gasteiger charge is 2.15. The van der Waals surface area contributed by atoms with Crippen molar-refractivity contribution in [3.05, 3.63) is 0 Å². The summed E-state index contributed by atoms with van der Waals surface area (Å²) in [4.78, 5) is 4.76. The van der Waals surface area contributed by atoms with Crippen LogP contribution >= 0.6 is 0 Å². The minimum atomic E-state index is -0.229. The van der Waals surface area contributed by atoms with E-state index in [2.05, 4.69) is 15.1 Å². The second kappa shape index (κ2) is 8.07. The predicted molar refractivity (Wildman–Crippen MR) is 71.8 cm³/mol. The number of morpholine rings is 1. The molecule has 2 aliphatic rings. The van der Waals surface area contributed by atoms with Crippen LogP contribution in [0.2, 0.25) is 0 Å². The molecule has 0 amide bonds. The fourth-order valence-corrected chi connectivity index (χ4v) is 2.66. The predicted octanol–water partition coefficient (Wildman–Crippen LogP) is -0.635. The van der Waals surface area contributed by atoms with E-state index in [1.807, 2.05) is 0 Å². The van der Waals surface area contributed by atoms with Crippen LogP contribution in [0.4, 0.5) is 0 Å². The zero-order valence-corrected chi connectivity index (χ0v) is 11.3. The summed E-state index contributed by atoms with van der Waals surface area (Å²) in [5.41, 5.74) is 0. The highest BCUT2D eigenvalue weighted by molar-refractivity contribution is 4.72. The van der Waals surface area contributed by atoms with Crippen LogP contribution in [0.15, 0.2) is 0 Å². The molecule has 2 aliphatic heterocycles. The van der Waals surface area contributed by atoms with E-state index in [1.54, 1.807) is 0 Å². The monoisotopic (exact) mass is 257 g/mol. The summed E-state index contributed by atoms with van der Waals surface area (Å²) in [6.45, 7) is 9.66. The number of nitrogens with zero attached hydrogens (tertiary/aromatic N) is 2. The molecule has 0 bridgehead atoms. The number of nitrogens with one attached hydrogen (secondary N) is 1. The molecular weight excluding hydrogens is 230 g/mol. The molecular formula is C13H27N3O2. The van der Waals surface area contributed by atoms with Gasteiger partial charge >= 0.3 is 0 Å². The molecule has 106 valence electrons. The normalized spacial score (nSPS) is 24.5. The summed E-state index contributed by atoms with van der Waals surface area (Å²) < 4.78 is 5.31. The van der Waals surface area contributed by atoms with Crippen molar-refractivity contribution in [2.75, 3.05) is 65.6 Å². The third kappa shape index (κ3) is 5.20. The SMILES string of the molecule is OC(CNCCN1CCOCC1)CN1CCCC1. The van der Waals surface area contributed by atoms with E-state index in [0.717, 1.165) is 59.0 Å². The summed E-state index contributed by atoms with van der Waals surface area (Å²) >= 11 is 0. The van der Waals surface area contributed by atoms with Crippen LogP contribution in [-0.4, -0.2) is 86.6 Å². The lowest BCUT2D eigenvalue weighted by molar-refractivity contribution is 0.0378. The van der Waals surface area contributed by atoms with Crippen molar-refractivity contribution in [3.63, 3.8) is 0 Å². The zero-order chi connectivity index (χ0) is 12.6. The molecule has 0 aliphatic carbocycles. The minimum absolute atomic E-state index is 0.229. The molecule has 0 radical (unpaired) electrons. The molecule has 2 N–H and O–H groups in total. The number of hydrogen-bond donors (Lipinski definition) is 2. The number of aliphatic hydroxyl groups is 1. The Bertz CT molecular complexity index is 216. The quantitative estimate of drug-likeness (QED) is 0.595. The Hall–Kier alpha value is -0.200. The lowest BCUT2D eigenvalue weighted by atomic mass is 10.3. The van der Waals surface area contributed by atoms with E-state index in [1.165, 1.54) is 12.8 Å². The van der Waals surface area contributed by atoms with Gasteiger partial charge in [-0.25, -0.2) is 0 Å². The second-order valence-electron chi connectivity index (χ2n) is 5.32. The maximum atomic E-state index is 9.91. The Kier molecular flexibility index (Phi) is 6.37. The van der Waals surface area contributed by atoms with Crippen LogP contribution in [0.25, 0.3) is 0 Å². The smallest absolute Gasteiger partial charge is 0.0791 e. The molecule has 2 fully saturated rings. The largest absolute Gasteiger partial charge is 0.390 e. The summed E-state index contributed by atoms with van der Waals surface area (Å²) in [5.74, 6) is 0. The highest BCUT2D eigenvalue weighted by atomic mass is 16.5. The molecule has 0 aromatic carbocycles. The zero-order valence-electron chi connectivity index (χ0n) is 11.3. The van der Waals surface area contributed by atoms with Crippen molar-refractivity contribution in [2.45, 2.75) is 18.9 Å². The molecule has 0 spiro atoms.